The molecule has 0 fully saturated rings. The van der Waals surface area contributed by atoms with Crippen molar-refractivity contribution in [2.24, 2.45) is 0 Å². The molecule has 0 radical (unpaired) electrons. The molecule has 0 saturated heterocycles. The molecule has 0 aromatic carbocycles. The first-order valence-corrected chi connectivity index (χ1v) is 5.79. The molecule has 1 unspecified atom stereocenters. The van der Waals surface area contributed by atoms with Crippen LogP contribution in [0.1, 0.15) is 33.6 Å². The molecule has 0 N–H and O–H groups in total. The van der Waals surface area contributed by atoms with Gasteiger partial charge in [-0.1, -0.05) is 27.2 Å². The third kappa shape index (κ3) is 8.46. The van der Waals surface area contributed by atoms with E-state index in [4.69, 9.17) is 0 Å². The van der Waals surface area contributed by atoms with Gasteiger partial charge in [-0.05, 0) is 25.3 Å². The van der Waals surface area contributed by atoms with Gasteiger partial charge in [0, 0.05) is 0 Å². The Morgan fingerprint density at radius 3 is 1.71 bits per heavy atom. The van der Waals surface area contributed by atoms with Crippen LogP contribution >= 0.6 is 8.38 Å². The molecule has 0 aromatic heterocycles. The Kier molecular flexibility index (Phi) is 20.6. The van der Waals surface area contributed by atoms with Gasteiger partial charge in [0.15, 0.2) is 0 Å². The fourth-order valence-corrected chi connectivity index (χ4v) is 2.39. The zero-order valence-corrected chi connectivity index (χ0v) is 15.0. The van der Waals surface area contributed by atoms with Crippen LogP contribution in [0.2, 0.25) is 0 Å². The normalized spacial score (nSPS) is 12.2. The van der Waals surface area contributed by atoms with E-state index in [1.807, 2.05) is 25.7 Å². The first-order chi connectivity index (χ1) is 5.67. The van der Waals surface area contributed by atoms with Crippen molar-refractivity contribution >= 4 is 8.38 Å². The molecular formula is C8H18NNa2O2P. The third-order valence-corrected chi connectivity index (χ3v) is 3.10. The van der Waals surface area contributed by atoms with Crippen molar-refractivity contribution in [3.8, 4) is 0 Å². The maximum atomic E-state index is 10.8. The monoisotopic (exact) mass is 237 g/mol. The molecule has 0 aliphatic heterocycles. The molecular weight excluding hydrogens is 219 g/mol. The second-order valence-electron chi connectivity index (χ2n) is 2.78. The van der Waals surface area contributed by atoms with Gasteiger partial charge in [0.05, 0.1) is 0 Å². The van der Waals surface area contributed by atoms with Crippen LogP contribution in [0.25, 0.3) is 0 Å². The molecule has 14 heavy (non-hydrogen) atoms. The Hall–Kier alpha value is 2.31. The Balaban J connectivity index is -0.000000605. The maximum absolute atomic E-state index is 10.8. The fraction of sp³-hybridized carbons (Fsp3) is 1.00. The summed E-state index contributed by atoms with van der Waals surface area (Å²) in [6, 6.07) is 0. The predicted molar refractivity (Wildman–Crippen MR) is 48.5 cm³/mol. The summed E-state index contributed by atoms with van der Waals surface area (Å²) < 4.78 is 0. The Labute approximate surface area is 133 Å². The third-order valence-electron chi connectivity index (χ3n) is 2.02. The minimum absolute atomic E-state index is 0. The summed E-state index contributed by atoms with van der Waals surface area (Å²) >= 11 is 0. The maximum Gasteiger partial charge on any atom is 1.00 e. The molecule has 0 aliphatic carbocycles. The van der Waals surface area contributed by atoms with Crippen LogP contribution in [-0.4, -0.2) is 23.8 Å². The van der Waals surface area contributed by atoms with Crippen molar-refractivity contribution in [1.82, 2.24) is 4.90 Å². The summed E-state index contributed by atoms with van der Waals surface area (Å²) in [5, 5.41) is 0. The molecule has 1 atom stereocenters. The van der Waals surface area contributed by atoms with Crippen LogP contribution in [0.3, 0.4) is 0 Å². The van der Waals surface area contributed by atoms with E-state index in [0.717, 1.165) is 25.9 Å². The molecule has 0 bridgehead atoms. The summed E-state index contributed by atoms with van der Waals surface area (Å²) in [6.45, 7) is 7.61. The average Bonchev–Trinajstić information content (AvgIpc) is 2.05. The van der Waals surface area contributed by atoms with Crippen molar-refractivity contribution in [3.63, 3.8) is 0 Å². The van der Waals surface area contributed by atoms with E-state index in [2.05, 4.69) is 0 Å². The minimum atomic E-state index is -2.29. The molecule has 0 amide bonds. The summed E-state index contributed by atoms with van der Waals surface area (Å²) in [5.41, 5.74) is 0. The summed E-state index contributed by atoms with van der Waals surface area (Å²) in [6.07, 6.45) is 1.67. The standard InChI is InChI=1S/C8H18NO2P.2Na/c1-4-7-8(12(10)11)9(5-2)6-3;;/h8H,4-7H2,1-3H3;;/q-2;2*+1. The van der Waals surface area contributed by atoms with Crippen molar-refractivity contribution in [2.75, 3.05) is 13.1 Å². The number of hydrogen-bond donors (Lipinski definition) is 0. The predicted octanol–water partition coefficient (Wildman–Crippen LogP) is -5.51. The van der Waals surface area contributed by atoms with Gasteiger partial charge < -0.3 is 9.79 Å². The van der Waals surface area contributed by atoms with Crippen LogP contribution in [0, 0.1) is 0 Å². The number of rotatable bonds is 6. The molecule has 0 aliphatic rings. The summed E-state index contributed by atoms with van der Waals surface area (Å²) in [4.78, 5) is 23.7. The van der Waals surface area contributed by atoms with E-state index in [9.17, 15) is 9.79 Å². The van der Waals surface area contributed by atoms with Gasteiger partial charge in [-0.25, -0.2) is 0 Å². The van der Waals surface area contributed by atoms with Crippen molar-refractivity contribution in [3.05, 3.63) is 0 Å². The molecule has 0 spiro atoms. The van der Waals surface area contributed by atoms with Crippen LogP contribution in [-0.2, 0) is 0 Å². The van der Waals surface area contributed by atoms with E-state index in [-0.39, 0.29) is 64.9 Å². The Morgan fingerprint density at radius 2 is 1.50 bits per heavy atom. The average molecular weight is 237 g/mol. The summed E-state index contributed by atoms with van der Waals surface area (Å²) in [5.74, 6) is -0.250. The zero-order chi connectivity index (χ0) is 9.56. The Morgan fingerprint density at radius 1 is 1.07 bits per heavy atom. The van der Waals surface area contributed by atoms with Crippen LogP contribution in [0.15, 0.2) is 0 Å². The van der Waals surface area contributed by atoms with Gasteiger partial charge in [-0.15, -0.1) is 0 Å². The number of nitrogens with zero attached hydrogens (tertiary/aromatic N) is 1. The topological polar surface area (TPSA) is 49.4 Å². The first-order valence-electron chi connectivity index (χ1n) is 4.54. The van der Waals surface area contributed by atoms with Crippen LogP contribution in [0.4, 0.5) is 0 Å². The molecule has 3 nitrogen and oxygen atoms in total. The van der Waals surface area contributed by atoms with Gasteiger partial charge in [-0.3, -0.25) is 13.3 Å². The Bertz CT molecular complexity index is 116. The van der Waals surface area contributed by atoms with Gasteiger partial charge in [0.25, 0.3) is 0 Å². The molecule has 0 heterocycles. The van der Waals surface area contributed by atoms with E-state index in [0.29, 0.717) is 0 Å². The molecule has 0 saturated carbocycles. The van der Waals surface area contributed by atoms with Gasteiger partial charge in [0.1, 0.15) is 0 Å². The van der Waals surface area contributed by atoms with E-state index >= 15 is 0 Å². The molecule has 0 aromatic rings. The zero-order valence-electron chi connectivity index (χ0n) is 10.1. The van der Waals surface area contributed by atoms with Crippen LogP contribution in [0.5, 0.6) is 0 Å². The summed E-state index contributed by atoms with van der Waals surface area (Å²) in [7, 11) is -2.29. The van der Waals surface area contributed by atoms with Crippen LogP contribution < -0.4 is 68.9 Å². The smallest absolute Gasteiger partial charge is 0.840 e. The largest absolute Gasteiger partial charge is 1.00 e. The van der Waals surface area contributed by atoms with E-state index < -0.39 is 8.38 Å². The SMILES string of the molecule is CCCC(N(CC)CC)P([O-])[O-].[Na+].[Na+]. The van der Waals surface area contributed by atoms with Crippen molar-refractivity contribution in [1.29, 1.82) is 0 Å². The van der Waals surface area contributed by atoms with E-state index in [1.165, 1.54) is 0 Å². The fourth-order valence-electron chi connectivity index (χ4n) is 1.32. The van der Waals surface area contributed by atoms with Gasteiger partial charge >= 0.3 is 59.1 Å². The second-order valence-corrected chi connectivity index (χ2v) is 3.94. The quantitative estimate of drug-likeness (QED) is 0.342. The first kappa shape index (κ1) is 21.6. The van der Waals surface area contributed by atoms with E-state index in [1.54, 1.807) is 0 Å². The molecule has 74 valence electrons. The minimum Gasteiger partial charge on any atom is -0.840 e. The number of hydrogen-bond acceptors (Lipinski definition) is 3. The second kappa shape index (κ2) is 13.4. The molecule has 6 heteroatoms. The van der Waals surface area contributed by atoms with Gasteiger partial charge in [-0.2, -0.15) is 0 Å². The molecule has 0 rings (SSSR count). The van der Waals surface area contributed by atoms with Crippen molar-refractivity contribution < 1.29 is 68.9 Å². The van der Waals surface area contributed by atoms with Gasteiger partial charge in [0.2, 0.25) is 0 Å². The van der Waals surface area contributed by atoms with Crippen molar-refractivity contribution in [2.45, 2.75) is 39.4 Å².